The SMILES string of the molecule is Nc1ccccc1C(=O)NCCCCN1CCN(c2noc3ccccc23)CC1. The first-order valence-electron chi connectivity index (χ1n) is 10.2. The van der Waals surface area contributed by atoms with Crippen molar-refractivity contribution in [2.75, 3.05) is 49.9 Å². The molecule has 2 aromatic carbocycles. The Labute approximate surface area is 170 Å². The molecule has 0 aliphatic carbocycles. The monoisotopic (exact) mass is 393 g/mol. The van der Waals surface area contributed by atoms with Gasteiger partial charge in [0.2, 0.25) is 0 Å². The number of hydrogen-bond donors (Lipinski definition) is 2. The normalized spacial score (nSPS) is 15.0. The molecule has 1 amide bonds. The standard InChI is InChI=1S/C22H27N5O2/c23-19-9-3-1-7-17(19)22(28)24-11-5-6-12-26-13-15-27(16-14-26)21-18-8-2-4-10-20(18)29-25-21/h1-4,7-10H,5-6,11-16,23H2,(H,24,28). The highest BCUT2D eigenvalue weighted by Gasteiger charge is 2.21. The van der Waals surface area contributed by atoms with Crippen LogP contribution in [-0.2, 0) is 0 Å². The number of carbonyl (C=O) groups excluding carboxylic acids is 1. The Kier molecular flexibility index (Phi) is 5.95. The number of unbranched alkanes of at least 4 members (excludes halogenated alkanes) is 1. The van der Waals surface area contributed by atoms with E-state index in [1.54, 1.807) is 12.1 Å². The fourth-order valence-electron chi connectivity index (χ4n) is 3.75. The van der Waals surface area contributed by atoms with Crippen LogP contribution in [-0.4, -0.2) is 55.2 Å². The highest BCUT2D eigenvalue weighted by molar-refractivity contribution is 5.99. The lowest BCUT2D eigenvalue weighted by Crippen LogP contribution is -2.46. The van der Waals surface area contributed by atoms with Gasteiger partial charge in [0.05, 0.1) is 10.9 Å². The van der Waals surface area contributed by atoms with E-state index in [9.17, 15) is 4.79 Å². The molecule has 7 nitrogen and oxygen atoms in total. The minimum atomic E-state index is -0.100. The first-order chi connectivity index (χ1) is 14.2. The molecule has 29 heavy (non-hydrogen) atoms. The molecule has 3 N–H and O–H groups in total. The van der Waals surface area contributed by atoms with Crippen LogP contribution in [0.4, 0.5) is 11.5 Å². The third kappa shape index (κ3) is 4.51. The van der Waals surface area contributed by atoms with Gasteiger partial charge in [0, 0.05) is 38.4 Å². The zero-order valence-corrected chi connectivity index (χ0v) is 16.5. The number of rotatable bonds is 7. The number of benzene rings is 2. The summed E-state index contributed by atoms with van der Waals surface area (Å²) in [5.74, 6) is 0.847. The summed E-state index contributed by atoms with van der Waals surface area (Å²) >= 11 is 0. The van der Waals surface area contributed by atoms with Crippen LogP contribution in [0.1, 0.15) is 23.2 Å². The lowest BCUT2D eigenvalue weighted by atomic mass is 10.1. The van der Waals surface area contributed by atoms with Gasteiger partial charge in [-0.25, -0.2) is 0 Å². The van der Waals surface area contributed by atoms with Gasteiger partial charge in [-0.3, -0.25) is 9.69 Å². The quantitative estimate of drug-likeness (QED) is 0.474. The van der Waals surface area contributed by atoms with Gasteiger partial charge in [0.1, 0.15) is 0 Å². The van der Waals surface area contributed by atoms with Crippen molar-refractivity contribution >= 4 is 28.4 Å². The summed E-state index contributed by atoms with van der Waals surface area (Å²) in [5.41, 5.74) is 7.74. The van der Waals surface area contributed by atoms with E-state index >= 15 is 0 Å². The lowest BCUT2D eigenvalue weighted by molar-refractivity contribution is 0.0953. The molecular weight excluding hydrogens is 366 g/mol. The van der Waals surface area contributed by atoms with Gasteiger partial charge in [0.15, 0.2) is 11.4 Å². The summed E-state index contributed by atoms with van der Waals surface area (Å²) in [7, 11) is 0. The van der Waals surface area contributed by atoms with Crippen molar-refractivity contribution in [3.8, 4) is 0 Å². The van der Waals surface area contributed by atoms with Gasteiger partial charge < -0.3 is 20.5 Å². The molecule has 4 rings (SSSR count). The number of carbonyl (C=O) groups is 1. The van der Waals surface area contributed by atoms with E-state index in [0.717, 1.165) is 62.4 Å². The van der Waals surface area contributed by atoms with Gasteiger partial charge in [-0.15, -0.1) is 0 Å². The summed E-state index contributed by atoms with van der Waals surface area (Å²) in [4.78, 5) is 16.9. The second-order valence-electron chi connectivity index (χ2n) is 7.38. The first kappa shape index (κ1) is 19.3. The Balaban J connectivity index is 1.16. The molecule has 0 spiro atoms. The smallest absolute Gasteiger partial charge is 0.253 e. The molecule has 152 valence electrons. The Morgan fingerprint density at radius 2 is 1.79 bits per heavy atom. The number of fused-ring (bicyclic) bond motifs is 1. The molecule has 0 bridgehead atoms. The zero-order chi connectivity index (χ0) is 20.1. The van der Waals surface area contributed by atoms with Crippen LogP contribution in [0.25, 0.3) is 11.0 Å². The molecule has 3 aromatic rings. The first-order valence-corrected chi connectivity index (χ1v) is 10.2. The maximum atomic E-state index is 12.2. The molecule has 0 saturated carbocycles. The largest absolute Gasteiger partial charge is 0.398 e. The van der Waals surface area contributed by atoms with Gasteiger partial charge >= 0.3 is 0 Å². The van der Waals surface area contributed by atoms with E-state index in [1.807, 2.05) is 30.3 Å². The van der Waals surface area contributed by atoms with Crippen LogP contribution >= 0.6 is 0 Å². The van der Waals surface area contributed by atoms with E-state index in [4.69, 9.17) is 10.3 Å². The van der Waals surface area contributed by atoms with Crippen LogP contribution in [0, 0.1) is 0 Å². The predicted octanol–water partition coefficient (Wildman–Crippen LogP) is 2.74. The Morgan fingerprint density at radius 1 is 1.03 bits per heavy atom. The summed E-state index contributed by atoms with van der Waals surface area (Å²) in [6.07, 6.45) is 2.00. The predicted molar refractivity (Wildman–Crippen MR) is 115 cm³/mol. The maximum absolute atomic E-state index is 12.2. The van der Waals surface area contributed by atoms with Gasteiger partial charge in [0.25, 0.3) is 5.91 Å². The maximum Gasteiger partial charge on any atom is 0.253 e. The van der Waals surface area contributed by atoms with Gasteiger partial charge in [-0.1, -0.05) is 29.4 Å². The molecule has 1 aromatic heterocycles. The van der Waals surface area contributed by atoms with Crippen LogP contribution in [0.2, 0.25) is 0 Å². The molecule has 0 radical (unpaired) electrons. The second-order valence-corrected chi connectivity index (χ2v) is 7.38. The van der Waals surface area contributed by atoms with E-state index in [2.05, 4.69) is 26.3 Å². The highest BCUT2D eigenvalue weighted by Crippen LogP contribution is 2.26. The number of nitrogens with two attached hydrogens (primary N) is 1. The van der Waals surface area contributed by atoms with Crippen LogP contribution in [0.15, 0.2) is 53.1 Å². The molecule has 1 aliphatic heterocycles. The number of para-hydroxylation sites is 2. The van der Waals surface area contributed by atoms with Crippen molar-refractivity contribution in [3.63, 3.8) is 0 Å². The summed E-state index contributed by atoms with van der Waals surface area (Å²) in [6.45, 7) is 5.61. The number of nitrogens with zero attached hydrogens (tertiary/aromatic N) is 3. The third-order valence-electron chi connectivity index (χ3n) is 5.42. The van der Waals surface area contributed by atoms with Crippen molar-refractivity contribution in [2.24, 2.45) is 0 Å². The molecule has 0 atom stereocenters. The Hall–Kier alpha value is -3.06. The molecular formula is C22H27N5O2. The zero-order valence-electron chi connectivity index (χ0n) is 16.5. The average molecular weight is 393 g/mol. The van der Waals surface area contributed by atoms with Gasteiger partial charge in [-0.05, 0) is 43.7 Å². The lowest BCUT2D eigenvalue weighted by Gasteiger charge is -2.34. The Bertz CT molecular complexity index is 963. The van der Waals surface area contributed by atoms with Crippen molar-refractivity contribution in [1.82, 2.24) is 15.4 Å². The van der Waals surface area contributed by atoms with Crippen LogP contribution < -0.4 is 16.0 Å². The van der Waals surface area contributed by atoms with Crippen molar-refractivity contribution in [1.29, 1.82) is 0 Å². The molecule has 7 heteroatoms. The van der Waals surface area contributed by atoms with E-state index in [0.29, 0.717) is 17.8 Å². The fourth-order valence-corrected chi connectivity index (χ4v) is 3.75. The third-order valence-corrected chi connectivity index (χ3v) is 5.42. The van der Waals surface area contributed by atoms with Crippen molar-refractivity contribution in [3.05, 3.63) is 54.1 Å². The number of piperazine rings is 1. The van der Waals surface area contributed by atoms with Crippen LogP contribution in [0.5, 0.6) is 0 Å². The fraction of sp³-hybridized carbons (Fsp3) is 0.364. The molecule has 1 aliphatic rings. The molecule has 1 fully saturated rings. The van der Waals surface area contributed by atoms with E-state index in [1.165, 1.54) is 0 Å². The molecule has 1 saturated heterocycles. The van der Waals surface area contributed by atoms with Gasteiger partial charge in [-0.2, -0.15) is 0 Å². The number of aromatic nitrogens is 1. The minimum absolute atomic E-state index is 0.100. The summed E-state index contributed by atoms with van der Waals surface area (Å²) < 4.78 is 5.43. The van der Waals surface area contributed by atoms with E-state index in [-0.39, 0.29) is 5.91 Å². The highest BCUT2D eigenvalue weighted by atomic mass is 16.5. The number of nitrogen functional groups attached to an aromatic ring is 1. The molecule has 2 heterocycles. The molecule has 0 unspecified atom stereocenters. The minimum Gasteiger partial charge on any atom is -0.398 e. The summed E-state index contributed by atoms with van der Waals surface area (Å²) in [6, 6.07) is 15.1. The number of nitrogens with one attached hydrogen (secondary N) is 1. The van der Waals surface area contributed by atoms with Crippen molar-refractivity contribution in [2.45, 2.75) is 12.8 Å². The number of anilines is 2. The summed E-state index contributed by atoms with van der Waals surface area (Å²) in [5, 5.41) is 8.30. The second kappa shape index (κ2) is 8.96. The van der Waals surface area contributed by atoms with Crippen LogP contribution in [0.3, 0.4) is 0 Å². The number of amides is 1. The van der Waals surface area contributed by atoms with E-state index < -0.39 is 0 Å². The topological polar surface area (TPSA) is 87.6 Å². The average Bonchev–Trinajstić information content (AvgIpc) is 3.18. The Morgan fingerprint density at radius 3 is 2.62 bits per heavy atom. The van der Waals surface area contributed by atoms with Crippen molar-refractivity contribution < 1.29 is 9.32 Å². The number of hydrogen-bond acceptors (Lipinski definition) is 6.